The normalized spacial score (nSPS) is 13.5. The van der Waals surface area contributed by atoms with E-state index in [0.29, 0.717) is 6.54 Å². The van der Waals surface area contributed by atoms with Gasteiger partial charge in [0.2, 0.25) is 0 Å². The van der Waals surface area contributed by atoms with Gasteiger partial charge in [-0.25, -0.2) is 8.42 Å². The third-order valence-electron chi connectivity index (χ3n) is 2.57. The first-order chi connectivity index (χ1) is 7.92. The van der Waals surface area contributed by atoms with Crippen LogP contribution in [0.25, 0.3) is 0 Å². The highest BCUT2D eigenvalue weighted by atomic mass is 32.2. The van der Waals surface area contributed by atoms with Crippen molar-refractivity contribution in [3.8, 4) is 5.75 Å². The number of phenols is 1. The zero-order valence-electron chi connectivity index (χ0n) is 10.2. The van der Waals surface area contributed by atoms with E-state index in [1.54, 1.807) is 12.1 Å². The molecule has 0 spiro atoms. The Morgan fingerprint density at radius 2 is 1.88 bits per heavy atom. The summed E-state index contributed by atoms with van der Waals surface area (Å²) in [6.45, 7) is 2.48. The summed E-state index contributed by atoms with van der Waals surface area (Å²) < 4.78 is 22.0. The number of benzene rings is 1. The highest BCUT2D eigenvalue weighted by Gasteiger charge is 2.09. The summed E-state index contributed by atoms with van der Waals surface area (Å²) in [6, 6.07) is 7.08. The van der Waals surface area contributed by atoms with Gasteiger partial charge in [0.05, 0.1) is 5.75 Å². The van der Waals surface area contributed by atoms with Gasteiger partial charge in [-0.15, -0.1) is 0 Å². The predicted octanol–water partition coefficient (Wildman–Crippen LogP) is 1.48. The van der Waals surface area contributed by atoms with E-state index in [2.05, 4.69) is 5.32 Å². The average Bonchev–Trinajstić information content (AvgIpc) is 2.24. The Hall–Kier alpha value is -1.07. The highest BCUT2D eigenvalue weighted by molar-refractivity contribution is 7.90. The van der Waals surface area contributed by atoms with Crippen molar-refractivity contribution in [1.82, 2.24) is 5.32 Å². The number of aromatic hydroxyl groups is 1. The molecule has 0 aliphatic heterocycles. The number of nitrogens with one attached hydrogen (secondary N) is 1. The van der Waals surface area contributed by atoms with Gasteiger partial charge in [-0.05, 0) is 24.1 Å². The van der Waals surface area contributed by atoms with Crippen LogP contribution in [0.4, 0.5) is 0 Å². The Balaban J connectivity index is 2.57. The van der Waals surface area contributed by atoms with Gasteiger partial charge in [-0.1, -0.05) is 19.1 Å². The maximum Gasteiger partial charge on any atom is 0.148 e. The second-order valence-corrected chi connectivity index (χ2v) is 6.40. The number of sulfone groups is 1. The molecule has 2 N–H and O–H groups in total. The van der Waals surface area contributed by atoms with Crippen LogP contribution in [-0.2, 0) is 9.84 Å². The third-order valence-corrected chi connectivity index (χ3v) is 3.51. The van der Waals surface area contributed by atoms with Crippen LogP contribution >= 0.6 is 0 Å². The molecule has 0 fully saturated rings. The van der Waals surface area contributed by atoms with Crippen LogP contribution in [0, 0.1) is 0 Å². The largest absolute Gasteiger partial charge is 0.508 e. The zero-order chi connectivity index (χ0) is 12.9. The van der Waals surface area contributed by atoms with E-state index < -0.39 is 9.84 Å². The van der Waals surface area contributed by atoms with E-state index in [0.717, 1.165) is 12.0 Å². The molecule has 4 nitrogen and oxygen atoms in total. The maximum atomic E-state index is 11.0. The van der Waals surface area contributed by atoms with Crippen molar-refractivity contribution in [1.29, 1.82) is 0 Å². The first-order valence-electron chi connectivity index (χ1n) is 5.62. The van der Waals surface area contributed by atoms with Gasteiger partial charge in [-0.2, -0.15) is 0 Å². The number of phenolic OH excluding ortho intramolecular Hbond substituents is 1. The first kappa shape index (κ1) is 14.0. The van der Waals surface area contributed by atoms with Gasteiger partial charge in [0.25, 0.3) is 0 Å². The van der Waals surface area contributed by atoms with Crippen molar-refractivity contribution in [3.63, 3.8) is 0 Å². The first-order valence-corrected chi connectivity index (χ1v) is 7.68. The van der Waals surface area contributed by atoms with E-state index in [-0.39, 0.29) is 17.5 Å². The molecule has 0 aliphatic carbocycles. The molecule has 1 atom stereocenters. The van der Waals surface area contributed by atoms with Gasteiger partial charge in [0.15, 0.2) is 0 Å². The molecule has 0 aromatic heterocycles. The Labute approximate surface area is 103 Å². The molecule has 1 aromatic rings. The molecule has 0 aliphatic rings. The Kier molecular flexibility index (Phi) is 4.96. The average molecular weight is 257 g/mol. The minimum absolute atomic E-state index is 0.123. The molecule has 17 heavy (non-hydrogen) atoms. The van der Waals surface area contributed by atoms with Crippen molar-refractivity contribution in [2.45, 2.75) is 19.4 Å². The molecular weight excluding hydrogens is 238 g/mol. The fourth-order valence-corrected chi connectivity index (χ4v) is 2.11. The van der Waals surface area contributed by atoms with Crippen molar-refractivity contribution in [3.05, 3.63) is 29.8 Å². The summed E-state index contributed by atoms with van der Waals surface area (Å²) in [4.78, 5) is 0. The molecule has 0 saturated carbocycles. The summed E-state index contributed by atoms with van der Waals surface area (Å²) in [5, 5.41) is 12.4. The molecule has 5 heteroatoms. The highest BCUT2D eigenvalue weighted by Crippen LogP contribution is 2.19. The molecule has 1 rings (SSSR count). The van der Waals surface area contributed by atoms with Crippen LogP contribution in [0.3, 0.4) is 0 Å². The fourth-order valence-electron chi connectivity index (χ4n) is 1.62. The topological polar surface area (TPSA) is 66.4 Å². The van der Waals surface area contributed by atoms with E-state index in [1.807, 2.05) is 19.1 Å². The van der Waals surface area contributed by atoms with Crippen molar-refractivity contribution < 1.29 is 13.5 Å². The van der Waals surface area contributed by atoms with E-state index in [4.69, 9.17) is 0 Å². The van der Waals surface area contributed by atoms with Gasteiger partial charge in [0, 0.05) is 18.8 Å². The Bertz CT molecular complexity index is 439. The Morgan fingerprint density at radius 1 is 1.29 bits per heavy atom. The fraction of sp³-hybridized carbons (Fsp3) is 0.500. The monoisotopic (exact) mass is 257 g/mol. The predicted molar refractivity (Wildman–Crippen MR) is 68.9 cm³/mol. The lowest BCUT2D eigenvalue weighted by Crippen LogP contribution is -2.26. The summed E-state index contributed by atoms with van der Waals surface area (Å²) >= 11 is 0. The smallest absolute Gasteiger partial charge is 0.148 e. The quantitative estimate of drug-likeness (QED) is 0.810. The molecule has 0 heterocycles. The minimum atomic E-state index is -2.92. The van der Waals surface area contributed by atoms with Crippen molar-refractivity contribution in [2.75, 3.05) is 18.6 Å². The molecule has 0 radical (unpaired) electrons. The van der Waals surface area contributed by atoms with Crippen molar-refractivity contribution in [2.24, 2.45) is 0 Å². The van der Waals surface area contributed by atoms with Gasteiger partial charge < -0.3 is 10.4 Å². The Morgan fingerprint density at radius 3 is 2.35 bits per heavy atom. The molecule has 0 amide bonds. The van der Waals surface area contributed by atoms with Crippen LogP contribution in [0.2, 0.25) is 0 Å². The SMILES string of the molecule is CCC(NCCS(C)(=O)=O)c1ccc(O)cc1. The standard InChI is InChI=1S/C12H19NO3S/c1-3-12(13-8-9-17(2,15)16)10-4-6-11(14)7-5-10/h4-7,12-14H,3,8-9H2,1-2H3. The zero-order valence-corrected chi connectivity index (χ0v) is 11.0. The van der Waals surface area contributed by atoms with Gasteiger partial charge >= 0.3 is 0 Å². The molecule has 1 unspecified atom stereocenters. The molecule has 1 aromatic carbocycles. The van der Waals surface area contributed by atoms with Crippen LogP contribution in [-0.4, -0.2) is 32.1 Å². The van der Waals surface area contributed by atoms with E-state index in [1.165, 1.54) is 6.26 Å². The summed E-state index contributed by atoms with van der Waals surface area (Å²) in [6.07, 6.45) is 2.10. The second-order valence-electron chi connectivity index (χ2n) is 4.14. The number of hydrogen-bond acceptors (Lipinski definition) is 4. The van der Waals surface area contributed by atoms with Crippen LogP contribution in [0.15, 0.2) is 24.3 Å². The molecule has 0 bridgehead atoms. The third kappa shape index (κ3) is 5.19. The maximum absolute atomic E-state index is 11.0. The van der Waals surface area contributed by atoms with Gasteiger partial charge in [-0.3, -0.25) is 0 Å². The number of hydrogen-bond donors (Lipinski definition) is 2. The minimum Gasteiger partial charge on any atom is -0.508 e. The lowest BCUT2D eigenvalue weighted by atomic mass is 10.0. The molecule has 0 saturated heterocycles. The molecule has 96 valence electrons. The van der Waals surface area contributed by atoms with Crippen molar-refractivity contribution >= 4 is 9.84 Å². The number of rotatable bonds is 6. The van der Waals surface area contributed by atoms with Crippen LogP contribution in [0.5, 0.6) is 5.75 Å². The molecular formula is C12H19NO3S. The van der Waals surface area contributed by atoms with E-state index >= 15 is 0 Å². The van der Waals surface area contributed by atoms with Gasteiger partial charge in [0.1, 0.15) is 15.6 Å². The lowest BCUT2D eigenvalue weighted by molar-refractivity contribution is 0.473. The van der Waals surface area contributed by atoms with Crippen LogP contribution < -0.4 is 5.32 Å². The summed E-state index contributed by atoms with van der Waals surface area (Å²) in [5.74, 6) is 0.376. The summed E-state index contributed by atoms with van der Waals surface area (Å²) in [7, 11) is -2.92. The summed E-state index contributed by atoms with van der Waals surface area (Å²) in [5.41, 5.74) is 1.05. The lowest BCUT2D eigenvalue weighted by Gasteiger charge is -2.17. The van der Waals surface area contributed by atoms with E-state index in [9.17, 15) is 13.5 Å². The van der Waals surface area contributed by atoms with Crippen LogP contribution in [0.1, 0.15) is 24.9 Å². The second kappa shape index (κ2) is 6.02.